The molecule has 4 rings (SSSR count). The van der Waals surface area contributed by atoms with Crippen molar-refractivity contribution in [3.63, 3.8) is 0 Å². The van der Waals surface area contributed by atoms with Gasteiger partial charge in [-0.1, -0.05) is 54.1 Å². The molecule has 0 saturated carbocycles. The number of carbonyl (C=O) groups excluding carboxylic acids is 1. The Bertz CT molecular complexity index is 1180. The molecule has 1 saturated heterocycles. The van der Waals surface area contributed by atoms with Gasteiger partial charge in [0.2, 0.25) is 0 Å². The molecule has 0 radical (unpaired) electrons. The third kappa shape index (κ3) is 5.52. The molecule has 0 bridgehead atoms. The van der Waals surface area contributed by atoms with Gasteiger partial charge in [0, 0.05) is 10.6 Å². The Morgan fingerprint density at radius 2 is 1.78 bits per heavy atom. The molecule has 0 atom stereocenters. The van der Waals surface area contributed by atoms with Gasteiger partial charge in [-0.2, -0.15) is 0 Å². The van der Waals surface area contributed by atoms with E-state index in [1.807, 2.05) is 85.8 Å². The first-order valence-electron chi connectivity index (χ1n) is 10.1. The van der Waals surface area contributed by atoms with Crippen LogP contribution in [0.15, 0.2) is 82.7 Å². The van der Waals surface area contributed by atoms with Crippen molar-refractivity contribution in [3.8, 4) is 11.5 Å². The van der Waals surface area contributed by atoms with Crippen molar-refractivity contribution in [2.75, 3.05) is 6.61 Å². The summed E-state index contributed by atoms with van der Waals surface area (Å²) in [7, 11) is 0. The third-order valence-corrected chi connectivity index (χ3v) is 5.82. The first-order valence-corrected chi connectivity index (χ1v) is 11.3. The quantitative estimate of drug-likeness (QED) is 0.422. The van der Waals surface area contributed by atoms with Gasteiger partial charge >= 0.3 is 0 Å². The van der Waals surface area contributed by atoms with Gasteiger partial charge < -0.3 is 14.8 Å². The lowest BCUT2D eigenvalue weighted by atomic mass is 10.2. The topological polar surface area (TPSA) is 59.9 Å². The first kappa shape index (κ1) is 22.0. The Kier molecular flexibility index (Phi) is 7.14. The summed E-state index contributed by atoms with van der Waals surface area (Å²) in [5, 5.41) is 4.01. The number of benzene rings is 3. The van der Waals surface area contributed by atoms with Crippen LogP contribution < -0.4 is 14.8 Å². The predicted molar refractivity (Wildman–Crippen MR) is 131 cm³/mol. The number of para-hydroxylation sites is 1. The van der Waals surface area contributed by atoms with E-state index in [-0.39, 0.29) is 5.91 Å². The maximum absolute atomic E-state index is 12.4. The Labute approximate surface area is 196 Å². The summed E-state index contributed by atoms with van der Waals surface area (Å²) in [6.45, 7) is 2.74. The number of rotatable bonds is 7. The number of amidine groups is 1. The molecule has 0 aliphatic carbocycles. The molecule has 7 heteroatoms. The van der Waals surface area contributed by atoms with Crippen LogP contribution in [-0.4, -0.2) is 17.7 Å². The lowest BCUT2D eigenvalue weighted by molar-refractivity contribution is -0.115. The van der Waals surface area contributed by atoms with Crippen molar-refractivity contribution in [3.05, 3.63) is 93.9 Å². The van der Waals surface area contributed by atoms with Crippen LogP contribution in [-0.2, 0) is 11.4 Å². The van der Waals surface area contributed by atoms with Crippen LogP contribution in [0, 0.1) is 0 Å². The fraction of sp³-hybridized carbons (Fsp3) is 0.120. The maximum atomic E-state index is 12.4. The molecule has 3 aromatic rings. The van der Waals surface area contributed by atoms with Crippen molar-refractivity contribution in [2.24, 2.45) is 4.99 Å². The van der Waals surface area contributed by atoms with Gasteiger partial charge in [0.15, 0.2) is 16.7 Å². The highest BCUT2D eigenvalue weighted by atomic mass is 35.5. The largest absolute Gasteiger partial charge is 0.490 e. The van der Waals surface area contributed by atoms with Crippen molar-refractivity contribution in [1.82, 2.24) is 5.32 Å². The van der Waals surface area contributed by atoms with Crippen LogP contribution in [0.5, 0.6) is 11.5 Å². The lowest BCUT2D eigenvalue weighted by Crippen LogP contribution is -2.19. The van der Waals surface area contributed by atoms with Crippen LogP contribution in [0.1, 0.15) is 18.1 Å². The first-order chi connectivity index (χ1) is 15.6. The normalized spacial score (nSPS) is 15.8. The number of nitrogens with zero attached hydrogens (tertiary/aromatic N) is 1. The average Bonchev–Trinajstić information content (AvgIpc) is 3.13. The second kappa shape index (κ2) is 10.4. The molecule has 1 N–H and O–H groups in total. The Morgan fingerprint density at radius 1 is 1.00 bits per heavy atom. The summed E-state index contributed by atoms with van der Waals surface area (Å²) in [6, 6.07) is 22.6. The summed E-state index contributed by atoms with van der Waals surface area (Å²) < 4.78 is 11.7. The van der Waals surface area contributed by atoms with E-state index in [2.05, 4.69) is 10.3 Å². The third-order valence-electron chi connectivity index (χ3n) is 4.54. The average molecular weight is 465 g/mol. The fourth-order valence-corrected chi connectivity index (χ4v) is 4.06. The second-order valence-corrected chi connectivity index (χ2v) is 8.27. The van der Waals surface area contributed by atoms with Crippen molar-refractivity contribution in [1.29, 1.82) is 0 Å². The minimum absolute atomic E-state index is 0.179. The SMILES string of the molecule is CCOc1cc(/C=C2\SC(=Nc3ccccc3)NC2=O)ccc1OCc1ccccc1Cl. The molecule has 32 heavy (non-hydrogen) atoms. The molecule has 1 aliphatic heterocycles. The number of thioether (sulfide) groups is 1. The van der Waals surface area contributed by atoms with Crippen molar-refractivity contribution < 1.29 is 14.3 Å². The zero-order valence-electron chi connectivity index (χ0n) is 17.4. The Balaban J connectivity index is 1.52. The molecule has 0 unspecified atom stereocenters. The van der Waals surface area contributed by atoms with E-state index >= 15 is 0 Å². The monoisotopic (exact) mass is 464 g/mol. The van der Waals surface area contributed by atoms with Crippen LogP contribution in [0.3, 0.4) is 0 Å². The fourth-order valence-electron chi connectivity index (χ4n) is 3.02. The number of aliphatic imine (C=N–C) groups is 1. The van der Waals surface area contributed by atoms with E-state index in [0.717, 1.165) is 16.8 Å². The molecule has 0 aromatic heterocycles. The summed E-state index contributed by atoms with van der Waals surface area (Å²) in [6.07, 6.45) is 1.81. The molecule has 162 valence electrons. The van der Waals surface area contributed by atoms with Gasteiger partial charge in [-0.25, -0.2) is 4.99 Å². The van der Waals surface area contributed by atoms with E-state index < -0.39 is 0 Å². The van der Waals surface area contributed by atoms with Gasteiger partial charge in [0.25, 0.3) is 5.91 Å². The number of amides is 1. The number of ether oxygens (including phenoxy) is 2. The number of nitrogens with one attached hydrogen (secondary N) is 1. The van der Waals surface area contributed by atoms with Gasteiger partial charge in [0.1, 0.15) is 6.61 Å². The standard InChI is InChI=1S/C25H21ClN2O3S/c1-2-30-22-14-17(12-13-21(22)31-16-18-8-6-7-11-20(18)26)15-23-24(29)28-25(32-23)27-19-9-4-3-5-10-19/h3-15H,2,16H2,1H3,(H,27,28,29)/b23-15-. The van der Waals surface area contributed by atoms with Gasteiger partial charge in [-0.05, 0) is 60.7 Å². The van der Waals surface area contributed by atoms with E-state index in [0.29, 0.717) is 39.8 Å². The summed E-state index contributed by atoms with van der Waals surface area (Å²) in [5.74, 6) is 1.04. The molecule has 1 amide bonds. The summed E-state index contributed by atoms with van der Waals surface area (Å²) >= 11 is 7.52. The Hall–Kier alpha value is -3.22. The van der Waals surface area contributed by atoms with E-state index in [4.69, 9.17) is 21.1 Å². The minimum atomic E-state index is -0.179. The molecule has 1 heterocycles. The highest BCUT2D eigenvalue weighted by molar-refractivity contribution is 8.18. The predicted octanol–water partition coefficient (Wildman–Crippen LogP) is 6.21. The lowest BCUT2D eigenvalue weighted by Gasteiger charge is -2.13. The molecule has 3 aromatic carbocycles. The van der Waals surface area contributed by atoms with E-state index in [1.54, 1.807) is 0 Å². The van der Waals surface area contributed by atoms with Crippen LogP contribution in [0.4, 0.5) is 5.69 Å². The molecule has 1 fully saturated rings. The molecule has 5 nitrogen and oxygen atoms in total. The highest BCUT2D eigenvalue weighted by Gasteiger charge is 2.24. The maximum Gasteiger partial charge on any atom is 0.264 e. The van der Waals surface area contributed by atoms with Gasteiger partial charge in [-0.3, -0.25) is 4.79 Å². The van der Waals surface area contributed by atoms with Gasteiger partial charge in [0.05, 0.1) is 17.2 Å². The molecular formula is C25H21ClN2O3S. The molecule has 0 spiro atoms. The van der Waals surface area contributed by atoms with Crippen LogP contribution in [0.2, 0.25) is 5.02 Å². The Morgan fingerprint density at radius 3 is 2.56 bits per heavy atom. The van der Waals surface area contributed by atoms with Crippen molar-refractivity contribution >= 4 is 46.2 Å². The minimum Gasteiger partial charge on any atom is -0.490 e. The smallest absolute Gasteiger partial charge is 0.264 e. The highest BCUT2D eigenvalue weighted by Crippen LogP contribution is 2.33. The zero-order chi connectivity index (χ0) is 22.3. The van der Waals surface area contributed by atoms with Crippen LogP contribution in [0.25, 0.3) is 6.08 Å². The second-order valence-electron chi connectivity index (χ2n) is 6.84. The summed E-state index contributed by atoms with van der Waals surface area (Å²) in [4.78, 5) is 17.4. The number of hydrogen-bond donors (Lipinski definition) is 1. The number of hydrogen-bond acceptors (Lipinski definition) is 5. The van der Waals surface area contributed by atoms with E-state index in [9.17, 15) is 4.79 Å². The molecule has 1 aliphatic rings. The number of carbonyl (C=O) groups is 1. The van der Waals surface area contributed by atoms with E-state index in [1.165, 1.54) is 11.8 Å². The zero-order valence-corrected chi connectivity index (χ0v) is 19.0. The summed E-state index contributed by atoms with van der Waals surface area (Å²) in [5.41, 5.74) is 2.51. The van der Waals surface area contributed by atoms with Crippen LogP contribution >= 0.6 is 23.4 Å². The van der Waals surface area contributed by atoms with Gasteiger partial charge in [-0.15, -0.1) is 0 Å². The van der Waals surface area contributed by atoms with Crippen molar-refractivity contribution in [2.45, 2.75) is 13.5 Å². The molecular weight excluding hydrogens is 444 g/mol. The number of halogens is 1.